The largest absolute Gasteiger partial charge is 0.444 e. The minimum Gasteiger partial charge on any atom is -0.444 e. The number of carbonyl (C=O) groups excluding carboxylic acids is 1. The van der Waals surface area contributed by atoms with Gasteiger partial charge in [-0.1, -0.05) is 6.07 Å². The van der Waals surface area contributed by atoms with Crippen molar-refractivity contribution in [2.24, 2.45) is 0 Å². The number of nitrogens with zero attached hydrogens (tertiary/aromatic N) is 1. The number of hydrogen-bond acceptors (Lipinski definition) is 5. The summed E-state index contributed by atoms with van der Waals surface area (Å²) in [7, 11) is 0. The van der Waals surface area contributed by atoms with E-state index in [1.165, 1.54) is 4.88 Å². The zero-order chi connectivity index (χ0) is 18.6. The number of pyridine rings is 1. The van der Waals surface area contributed by atoms with Crippen LogP contribution < -0.4 is 5.32 Å². The zero-order valence-electron chi connectivity index (χ0n) is 15.4. The fraction of sp³-hybridized carbons (Fsp3) is 0.474. The Kier molecular flexibility index (Phi) is 6.19. The first kappa shape index (κ1) is 19.4. The quantitative estimate of drug-likeness (QED) is 0.847. The number of aryl methyl sites for hydroxylation is 2. The number of hydrogen-bond donors (Lipinski definition) is 2. The van der Waals surface area contributed by atoms with Gasteiger partial charge in [-0.3, -0.25) is 4.98 Å². The number of carbonyl (C=O) groups is 1. The third-order valence-electron chi connectivity index (χ3n) is 3.63. The maximum atomic E-state index is 11.9. The first-order chi connectivity index (χ1) is 11.7. The number of thiophene rings is 1. The number of ether oxygens (including phenoxy) is 1. The summed E-state index contributed by atoms with van der Waals surface area (Å²) in [4.78, 5) is 17.8. The van der Waals surface area contributed by atoms with E-state index in [2.05, 4.69) is 28.7 Å². The second-order valence-corrected chi connectivity index (χ2v) is 8.23. The van der Waals surface area contributed by atoms with Crippen LogP contribution in [0, 0.1) is 13.8 Å². The standard InChI is InChI=1S/C19H26N2O3S/c1-12-8-15(11-25-12)17-7-6-14(13(2)20-17)9-16(10-22)21-18(23)24-19(3,4)5/h6-8,11,16,22H,9-10H2,1-5H3,(H,21,23). The summed E-state index contributed by atoms with van der Waals surface area (Å²) in [6.07, 6.45) is -0.0279. The van der Waals surface area contributed by atoms with E-state index in [1.807, 2.05) is 19.1 Å². The number of nitrogens with one attached hydrogen (secondary N) is 1. The number of aliphatic hydroxyl groups is 1. The maximum Gasteiger partial charge on any atom is 0.407 e. The van der Waals surface area contributed by atoms with Gasteiger partial charge in [0.2, 0.25) is 0 Å². The summed E-state index contributed by atoms with van der Waals surface area (Å²) in [6, 6.07) is 5.69. The van der Waals surface area contributed by atoms with Crippen LogP contribution in [0.15, 0.2) is 23.6 Å². The lowest BCUT2D eigenvalue weighted by molar-refractivity contribution is 0.0482. The van der Waals surface area contributed by atoms with E-state index in [0.29, 0.717) is 6.42 Å². The van der Waals surface area contributed by atoms with E-state index in [0.717, 1.165) is 22.5 Å². The summed E-state index contributed by atoms with van der Waals surface area (Å²) < 4.78 is 5.24. The molecule has 6 heteroatoms. The Morgan fingerprint density at radius 2 is 2.08 bits per heavy atom. The Hall–Kier alpha value is -1.92. The van der Waals surface area contributed by atoms with Crippen molar-refractivity contribution in [2.45, 2.75) is 52.7 Å². The van der Waals surface area contributed by atoms with E-state index < -0.39 is 17.7 Å². The molecular weight excluding hydrogens is 336 g/mol. The fourth-order valence-electron chi connectivity index (χ4n) is 2.45. The second kappa shape index (κ2) is 7.97. The van der Waals surface area contributed by atoms with Crippen LogP contribution in [0.4, 0.5) is 4.79 Å². The molecule has 0 aliphatic carbocycles. The molecule has 136 valence electrons. The van der Waals surface area contributed by atoms with Crippen LogP contribution in [-0.4, -0.2) is 34.4 Å². The smallest absolute Gasteiger partial charge is 0.407 e. The minimum atomic E-state index is -0.568. The summed E-state index contributed by atoms with van der Waals surface area (Å²) in [5, 5.41) is 14.4. The molecule has 2 aromatic heterocycles. The van der Waals surface area contributed by atoms with E-state index in [1.54, 1.807) is 32.1 Å². The van der Waals surface area contributed by atoms with Crippen LogP contribution in [0.25, 0.3) is 11.3 Å². The van der Waals surface area contributed by atoms with Gasteiger partial charge in [0, 0.05) is 21.5 Å². The van der Waals surface area contributed by atoms with Crippen LogP contribution in [0.1, 0.15) is 36.9 Å². The molecule has 2 aromatic rings. The van der Waals surface area contributed by atoms with E-state index >= 15 is 0 Å². The van der Waals surface area contributed by atoms with Crippen molar-refractivity contribution in [3.63, 3.8) is 0 Å². The molecule has 0 aliphatic rings. The summed E-state index contributed by atoms with van der Waals surface area (Å²) in [5.74, 6) is 0. The van der Waals surface area contributed by atoms with Crippen LogP contribution in [0.2, 0.25) is 0 Å². The Bertz CT molecular complexity index is 735. The van der Waals surface area contributed by atoms with Gasteiger partial charge in [0.1, 0.15) is 5.60 Å². The average Bonchev–Trinajstić information content (AvgIpc) is 2.93. The molecule has 1 atom stereocenters. The number of aliphatic hydroxyl groups excluding tert-OH is 1. The summed E-state index contributed by atoms with van der Waals surface area (Å²) >= 11 is 1.70. The van der Waals surface area contributed by atoms with Crippen molar-refractivity contribution in [3.8, 4) is 11.3 Å². The predicted molar refractivity (Wildman–Crippen MR) is 101 cm³/mol. The lowest BCUT2D eigenvalue weighted by Crippen LogP contribution is -2.42. The highest BCUT2D eigenvalue weighted by Gasteiger charge is 2.20. The van der Waals surface area contributed by atoms with Gasteiger partial charge >= 0.3 is 6.09 Å². The number of aromatic nitrogens is 1. The van der Waals surface area contributed by atoms with Crippen LogP contribution in [0.5, 0.6) is 0 Å². The Morgan fingerprint density at radius 3 is 2.60 bits per heavy atom. The monoisotopic (exact) mass is 362 g/mol. The van der Waals surface area contributed by atoms with Crippen molar-refractivity contribution < 1.29 is 14.6 Å². The van der Waals surface area contributed by atoms with Crippen LogP contribution >= 0.6 is 11.3 Å². The van der Waals surface area contributed by atoms with Gasteiger partial charge in [-0.15, -0.1) is 11.3 Å². The molecule has 25 heavy (non-hydrogen) atoms. The molecule has 0 bridgehead atoms. The molecule has 2 heterocycles. The molecule has 0 aliphatic heterocycles. The van der Waals surface area contributed by atoms with Crippen LogP contribution in [0.3, 0.4) is 0 Å². The van der Waals surface area contributed by atoms with Gasteiger partial charge in [-0.05, 0) is 58.7 Å². The van der Waals surface area contributed by atoms with Crippen molar-refractivity contribution in [1.29, 1.82) is 0 Å². The highest BCUT2D eigenvalue weighted by molar-refractivity contribution is 7.10. The molecule has 1 amide bonds. The van der Waals surface area contributed by atoms with E-state index in [9.17, 15) is 9.90 Å². The van der Waals surface area contributed by atoms with Gasteiger partial charge in [-0.25, -0.2) is 4.79 Å². The Balaban J connectivity index is 2.06. The molecular formula is C19H26N2O3S. The SMILES string of the molecule is Cc1cc(-c2ccc(CC(CO)NC(=O)OC(C)(C)C)c(C)n2)cs1. The van der Waals surface area contributed by atoms with Gasteiger partial charge < -0.3 is 15.2 Å². The van der Waals surface area contributed by atoms with Gasteiger partial charge in [-0.2, -0.15) is 0 Å². The third kappa shape index (κ3) is 5.83. The second-order valence-electron chi connectivity index (χ2n) is 7.12. The molecule has 0 aromatic carbocycles. The molecule has 2 rings (SSSR count). The van der Waals surface area contributed by atoms with Gasteiger partial charge in [0.25, 0.3) is 0 Å². The molecule has 0 saturated carbocycles. The Labute approximate surface area is 153 Å². The maximum absolute atomic E-state index is 11.9. The Morgan fingerprint density at radius 1 is 1.36 bits per heavy atom. The predicted octanol–water partition coefficient (Wildman–Crippen LogP) is 3.86. The normalized spacial score (nSPS) is 12.7. The molecule has 0 spiro atoms. The van der Waals surface area contributed by atoms with Crippen molar-refractivity contribution in [2.75, 3.05) is 6.61 Å². The number of alkyl carbamates (subject to hydrolysis) is 1. The van der Waals surface area contributed by atoms with Crippen molar-refractivity contribution in [1.82, 2.24) is 10.3 Å². The van der Waals surface area contributed by atoms with Crippen LogP contribution in [-0.2, 0) is 11.2 Å². The lowest BCUT2D eigenvalue weighted by atomic mass is 10.0. The lowest BCUT2D eigenvalue weighted by Gasteiger charge is -2.23. The average molecular weight is 362 g/mol. The van der Waals surface area contributed by atoms with Crippen molar-refractivity contribution >= 4 is 17.4 Å². The third-order valence-corrected chi connectivity index (χ3v) is 4.49. The first-order valence-electron chi connectivity index (χ1n) is 8.30. The summed E-state index contributed by atoms with van der Waals surface area (Å²) in [6.45, 7) is 9.27. The number of amides is 1. The van der Waals surface area contributed by atoms with E-state index in [4.69, 9.17) is 4.74 Å². The highest BCUT2D eigenvalue weighted by atomic mass is 32.1. The summed E-state index contributed by atoms with van der Waals surface area (Å²) in [5.41, 5.74) is 3.37. The zero-order valence-corrected chi connectivity index (χ0v) is 16.2. The van der Waals surface area contributed by atoms with Gasteiger partial charge in [0.05, 0.1) is 18.3 Å². The van der Waals surface area contributed by atoms with Gasteiger partial charge in [0.15, 0.2) is 0 Å². The minimum absolute atomic E-state index is 0.163. The van der Waals surface area contributed by atoms with Crippen molar-refractivity contribution in [3.05, 3.63) is 39.7 Å². The first-order valence-corrected chi connectivity index (χ1v) is 9.18. The molecule has 2 N–H and O–H groups in total. The molecule has 0 saturated heterocycles. The topological polar surface area (TPSA) is 71.5 Å². The van der Waals surface area contributed by atoms with E-state index in [-0.39, 0.29) is 6.61 Å². The number of rotatable bonds is 5. The molecule has 1 unspecified atom stereocenters. The molecule has 5 nitrogen and oxygen atoms in total. The molecule has 0 radical (unpaired) electrons. The highest BCUT2D eigenvalue weighted by Crippen LogP contribution is 2.24. The fourth-order valence-corrected chi connectivity index (χ4v) is 3.14. The molecule has 0 fully saturated rings.